The average Bonchev–Trinajstić information content (AvgIpc) is 2.43. The largest absolute Gasteiger partial charge is 0.481 e. The highest BCUT2D eigenvalue weighted by Crippen LogP contribution is 2.08. The fourth-order valence-electron chi connectivity index (χ4n) is 2.11. The van der Waals surface area contributed by atoms with Crippen molar-refractivity contribution in [3.8, 4) is 0 Å². The minimum atomic E-state index is -0.668. The number of carbonyl (C=O) groups is 1. The molecule has 2 nitrogen and oxygen atoms in total. The number of carboxylic acid groups (broad SMARTS) is 1. The van der Waals surface area contributed by atoms with Gasteiger partial charge in [0.15, 0.2) is 0 Å². The Hall–Kier alpha value is -1.05. The summed E-state index contributed by atoms with van der Waals surface area (Å²) in [6.07, 6.45) is 22.3. The summed E-state index contributed by atoms with van der Waals surface area (Å²) in [5, 5.41) is 8.50. The first kappa shape index (κ1) is 18.9. The molecule has 0 aliphatic carbocycles. The van der Waals surface area contributed by atoms with Gasteiger partial charge in [0, 0.05) is 6.42 Å². The van der Waals surface area contributed by atoms with Crippen LogP contribution >= 0.6 is 0 Å². The number of rotatable bonds is 14. The third kappa shape index (κ3) is 16.9. The van der Waals surface area contributed by atoms with Gasteiger partial charge in [-0.3, -0.25) is 4.79 Å². The van der Waals surface area contributed by atoms with Gasteiger partial charge < -0.3 is 5.11 Å². The summed E-state index contributed by atoms with van der Waals surface area (Å²) < 4.78 is 0. The van der Waals surface area contributed by atoms with Crippen LogP contribution in [0.4, 0.5) is 0 Å². The maximum absolute atomic E-state index is 10.3. The number of hydrogen-bond acceptors (Lipinski definition) is 1. The molecule has 0 saturated carbocycles. The fraction of sp³-hybridized carbons (Fsp3) is 0.722. The van der Waals surface area contributed by atoms with E-state index in [0.29, 0.717) is 6.42 Å². The molecule has 0 amide bonds. The summed E-state index contributed by atoms with van der Waals surface area (Å²) in [6, 6.07) is 0. The van der Waals surface area contributed by atoms with Gasteiger partial charge in [-0.15, -0.1) is 0 Å². The van der Waals surface area contributed by atoms with Crippen LogP contribution in [0, 0.1) is 0 Å². The molecule has 0 spiro atoms. The predicted molar refractivity (Wildman–Crippen MR) is 87.0 cm³/mol. The summed E-state index contributed by atoms with van der Waals surface area (Å²) >= 11 is 0. The Balaban J connectivity index is 3.12. The summed E-state index contributed by atoms with van der Waals surface area (Å²) in [5.41, 5.74) is 0. The fourth-order valence-corrected chi connectivity index (χ4v) is 2.11. The van der Waals surface area contributed by atoms with Gasteiger partial charge in [-0.1, -0.05) is 50.5 Å². The van der Waals surface area contributed by atoms with Crippen LogP contribution in [0.3, 0.4) is 0 Å². The van der Waals surface area contributed by atoms with Crippen molar-refractivity contribution in [1.82, 2.24) is 0 Å². The van der Waals surface area contributed by atoms with Crippen LogP contribution in [-0.2, 0) is 4.79 Å². The standard InChI is InChI=1S/C18H32O2/c1-2-3-4-5-6-7-8-9-10-11-12-13-14-15-16-17-18(19)20/h3-4,9-10H,2,5-8,11-17H2,1H3,(H,19,20)/b4-3?,10-9-. The molecule has 0 aromatic carbocycles. The Morgan fingerprint density at radius 2 is 1.20 bits per heavy atom. The maximum atomic E-state index is 10.3. The van der Waals surface area contributed by atoms with Crippen molar-refractivity contribution >= 4 is 5.97 Å². The number of aliphatic carboxylic acids is 1. The van der Waals surface area contributed by atoms with Crippen molar-refractivity contribution < 1.29 is 9.90 Å². The Morgan fingerprint density at radius 1 is 0.750 bits per heavy atom. The molecule has 0 saturated heterocycles. The van der Waals surface area contributed by atoms with Crippen LogP contribution in [-0.4, -0.2) is 11.1 Å². The van der Waals surface area contributed by atoms with Crippen LogP contribution in [0.2, 0.25) is 0 Å². The Bertz CT molecular complexity index is 267. The van der Waals surface area contributed by atoms with Crippen molar-refractivity contribution in [1.29, 1.82) is 0 Å². The minimum Gasteiger partial charge on any atom is -0.481 e. The van der Waals surface area contributed by atoms with E-state index in [0.717, 1.165) is 19.3 Å². The Kier molecular flexibility index (Phi) is 15.2. The molecule has 0 aliphatic rings. The van der Waals surface area contributed by atoms with E-state index in [-0.39, 0.29) is 0 Å². The minimum absolute atomic E-state index is 0.327. The number of hydrogen-bond donors (Lipinski definition) is 1. The molecule has 2 heteroatoms. The van der Waals surface area contributed by atoms with Crippen molar-refractivity contribution in [3.63, 3.8) is 0 Å². The van der Waals surface area contributed by atoms with Gasteiger partial charge in [0.05, 0.1) is 0 Å². The van der Waals surface area contributed by atoms with E-state index in [1.807, 2.05) is 0 Å². The third-order valence-corrected chi connectivity index (χ3v) is 3.32. The second-order valence-electron chi connectivity index (χ2n) is 5.34. The lowest BCUT2D eigenvalue weighted by Gasteiger charge is -1.98. The van der Waals surface area contributed by atoms with Crippen LogP contribution in [0.1, 0.15) is 84.0 Å². The molecule has 0 bridgehead atoms. The normalized spacial score (nSPS) is 11.7. The third-order valence-electron chi connectivity index (χ3n) is 3.32. The molecule has 0 aromatic rings. The lowest BCUT2D eigenvalue weighted by atomic mass is 10.1. The van der Waals surface area contributed by atoms with E-state index in [1.165, 1.54) is 51.4 Å². The van der Waals surface area contributed by atoms with Gasteiger partial charge in [0.25, 0.3) is 0 Å². The average molecular weight is 280 g/mol. The van der Waals surface area contributed by atoms with Crippen molar-refractivity contribution in [2.24, 2.45) is 0 Å². The van der Waals surface area contributed by atoms with Crippen molar-refractivity contribution in [3.05, 3.63) is 24.3 Å². The Labute approximate surface area is 125 Å². The van der Waals surface area contributed by atoms with E-state index in [2.05, 4.69) is 31.2 Å². The van der Waals surface area contributed by atoms with E-state index in [4.69, 9.17) is 5.11 Å². The second kappa shape index (κ2) is 16.0. The molecule has 0 fully saturated rings. The molecule has 0 radical (unpaired) electrons. The zero-order chi connectivity index (χ0) is 14.9. The zero-order valence-electron chi connectivity index (χ0n) is 13.2. The van der Waals surface area contributed by atoms with Crippen LogP contribution in [0.25, 0.3) is 0 Å². The van der Waals surface area contributed by atoms with Crippen molar-refractivity contribution in [2.45, 2.75) is 84.0 Å². The molecular formula is C18H32O2. The highest BCUT2D eigenvalue weighted by atomic mass is 16.4. The quantitative estimate of drug-likeness (QED) is 0.318. The predicted octanol–water partition coefficient (Wildman–Crippen LogP) is 5.88. The Morgan fingerprint density at radius 3 is 1.75 bits per heavy atom. The van der Waals surface area contributed by atoms with E-state index in [9.17, 15) is 4.79 Å². The maximum Gasteiger partial charge on any atom is 0.303 e. The second-order valence-corrected chi connectivity index (χ2v) is 5.34. The molecule has 116 valence electrons. The van der Waals surface area contributed by atoms with Gasteiger partial charge in [-0.2, -0.15) is 0 Å². The molecular weight excluding hydrogens is 248 g/mol. The monoisotopic (exact) mass is 280 g/mol. The SMILES string of the molecule is CCC=CCCCC/C=C\CCCCCCCC(=O)O. The summed E-state index contributed by atoms with van der Waals surface area (Å²) in [7, 11) is 0. The van der Waals surface area contributed by atoms with Crippen LogP contribution in [0.15, 0.2) is 24.3 Å². The van der Waals surface area contributed by atoms with Gasteiger partial charge in [0.2, 0.25) is 0 Å². The topological polar surface area (TPSA) is 37.3 Å². The van der Waals surface area contributed by atoms with Crippen LogP contribution < -0.4 is 0 Å². The lowest BCUT2D eigenvalue weighted by Crippen LogP contribution is -1.93. The molecule has 20 heavy (non-hydrogen) atoms. The van der Waals surface area contributed by atoms with Gasteiger partial charge in [0.1, 0.15) is 0 Å². The van der Waals surface area contributed by atoms with E-state index in [1.54, 1.807) is 0 Å². The van der Waals surface area contributed by atoms with Gasteiger partial charge in [-0.05, 0) is 51.4 Å². The molecule has 0 aromatic heterocycles. The molecule has 1 N–H and O–H groups in total. The van der Waals surface area contributed by atoms with Crippen molar-refractivity contribution in [2.75, 3.05) is 0 Å². The smallest absolute Gasteiger partial charge is 0.303 e. The number of unbranched alkanes of at least 4 members (excludes halogenated alkanes) is 8. The van der Waals surface area contributed by atoms with E-state index < -0.39 is 5.97 Å². The molecule has 0 atom stereocenters. The number of carboxylic acids is 1. The highest BCUT2D eigenvalue weighted by Gasteiger charge is 1.95. The molecule has 0 heterocycles. The molecule has 0 aliphatic heterocycles. The first-order valence-electron chi connectivity index (χ1n) is 8.29. The highest BCUT2D eigenvalue weighted by molar-refractivity contribution is 5.66. The van der Waals surface area contributed by atoms with E-state index >= 15 is 0 Å². The van der Waals surface area contributed by atoms with Gasteiger partial charge in [-0.25, -0.2) is 0 Å². The lowest BCUT2D eigenvalue weighted by molar-refractivity contribution is -0.137. The number of allylic oxidation sites excluding steroid dienone is 4. The first-order chi connectivity index (χ1) is 9.77. The molecule has 0 unspecified atom stereocenters. The first-order valence-corrected chi connectivity index (χ1v) is 8.29. The summed E-state index contributed by atoms with van der Waals surface area (Å²) in [5.74, 6) is -0.668. The summed E-state index contributed by atoms with van der Waals surface area (Å²) in [4.78, 5) is 10.3. The van der Waals surface area contributed by atoms with Gasteiger partial charge >= 0.3 is 5.97 Å². The molecule has 0 rings (SSSR count). The summed E-state index contributed by atoms with van der Waals surface area (Å²) in [6.45, 7) is 2.17. The van der Waals surface area contributed by atoms with Crippen LogP contribution in [0.5, 0.6) is 0 Å². The zero-order valence-corrected chi connectivity index (χ0v) is 13.2.